The van der Waals surface area contributed by atoms with Crippen LogP contribution in [0.25, 0.3) is 0 Å². The molecule has 0 spiro atoms. The van der Waals surface area contributed by atoms with E-state index in [2.05, 4.69) is 6.92 Å². The van der Waals surface area contributed by atoms with E-state index in [1.807, 2.05) is 25.1 Å². The largest absolute Gasteiger partial charge is 0.203 e. The zero-order chi connectivity index (χ0) is 18.5. The Hall–Kier alpha value is -1.18. The van der Waals surface area contributed by atoms with Crippen molar-refractivity contribution < 1.29 is 8.78 Å². The molecule has 0 saturated heterocycles. The Morgan fingerprint density at radius 2 is 1.46 bits per heavy atom. The summed E-state index contributed by atoms with van der Waals surface area (Å²) in [5.74, 6) is 1.55. The molecular formula is C24H34F2. The Morgan fingerprint density at radius 3 is 2.08 bits per heavy atom. The number of halogens is 2. The average molecular weight is 361 g/mol. The third kappa shape index (κ3) is 4.56. The zero-order valence-electron chi connectivity index (χ0n) is 16.4. The minimum Gasteiger partial charge on any atom is -0.203 e. The fraction of sp³-hybridized carbons (Fsp3) is 0.667. The Morgan fingerprint density at radius 1 is 0.846 bits per heavy atom. The second-order valence-corrected chi connectivity index (χ2v) is 8.66. The molecule has 0 unspecified atom stereocenters. The van der Waals surface area contributed by atoms with E-state index in [0.29, 0.717) is 17.5 Å². The van der Waals surface area contributed by atoms with Crippen LogP contribution in [-0.2, 0) is 6.42 Å². The van der Waals surface area contributed by atoms with Crippen molar-refractivity contribution in [2.75, 3.05) is 0 Å². The molecule has 0 aliphatic heterocycles. The maximum absolute atomic E-state index is 14.7. The van der Waals surface area contributed by atoms with Gasteiger partial charge in [-0.2, -0.15) is 0 Å². The van der Waals surface area contributed by atoms with Crippen LogP contribution in [0.1, 0.15) is 88.7 Å². The van der Waals surface area contributed by atoms with Crippen LogP contribution >= 0.6 is 0 Å². The Balaban J connectivity index is 1.60. The maximum atomic E-state index is 14.7. The van der Waals surface area contributed by atoms with E-state index >= 15 is 0 Å². The summed E-state index contributed by atoms with van der Waals surface area (Å²) in [5, 5.41) is 0. The highest BCUT2D eigenvalue weighted by molar-refractivity contribution is 5.30. The van der Waals surface area contributed by atoms with Gasteiger partial charge in [-0.3, -0.25) is 0 Å². The summed E-state index contributed by atoms with van der Waals surface area (Å²) in [6.07, 6.45) is 15.2. The second kappa shape index (κ2) is 9.15. The highest BCUT2D eigenvalue weighted by Gasteiger charge is 2.31. The van der Waals surface area contributed by atoms with Crippen molar-refractivity contribution in [3.8, 4) is 0 Å². The molecular weight excluding hydrogens is 326 g/mol. The molecule has 0 atom stereocenters. The molecule has 0 radical (unpaired) electrons. The highest BCUT2D eigenvalue weighted by Crippen LogP contribution is 2.44. The molecule has 2 saturated carbocycles. The molecule has 0 nitrogen and oxygen atoms in total. The van der Waals surface area contributed by atoms with Crippen molar-refractivity contribution in [3.63, 3.8) is 0 Å². The summed E-state index contributed by atoms with van der Waals surface area (Å²) in [6.45, 7) is 4.41. The standard InChI is InChI=1S/C24H34F2/c1-3-4-5-6-21-15-16-22(24(26)23(21)25)20-13-11-19(12-14-20)18-9-7-17(2)8-10-18/h4-5,15-20H,3,6-14H2,1-2H3/b5-4-. The first-order valence-corrected chi connectivity index (χ1v) is 10.7. The monoisotopic (exact) mass is 360 g/mol. The van der Waals surface area contributed by atoms with Gasteiger partial charge in [0.05, 0.1) is 0 Å². The fourth-order valence-electron chi connectivity index (χ4n) is 5.11. The maximum Gasteiger partial charge on any atom is 0.162 e. The normalized spacial score (nSPS) is 30.0. The van der Waals surface area contributed by atoms with Gasteiger partial charge in [0, 0.05) is 0 Å². The van der Waals surface area contributed by atoms with Gasteiger partial charge >= 0.3 is 0 Å². The lowest BCUT2D eigenvalue weighted by atomic mass is 9.68. The Bertz CT molecular complexity index is 603. The summed E-state index contributed by atoms with van der Waals surface area (Å²) in [7, 11) is 0. The van der Waals surface area contributed by atoms with E-state index in [4.69, 9.17) is 0 Å². The first kappa shape index (κ1) is 19.6. The number of hydrogen-bond donors (Lipinski definition) is 0. The third-order valence-electron chi connectivity index (χ3n) is 6.87. The van der Waals surface area contributed by atoms with Crippen molar-refractivity contribution in [2.24, 2.45) is 17.8 Å². The molecule has 2 aliphatic carbocycles. The van der Waals surface area contributed by atoms with Crippen LogP contribution in [0.3, 0.4) is 0 Å². The smallest absolute Gasteiger partial charge is 0.162 e. The van der Waals surface area contributed by atoms with Crippen molar-refractivity contribution >= 4 is 0 Å². The molecule has 2 fully saturated rings. The van der Waals surface area contributed by atoms with Crippen LogP contribution in [0.15, 0.2) is 24.3 Å². The molecule has 1 aromatic rings. The molecule has 0 amide bonds. The molecule has 0 bridgehead atoms. The summed E-state index contributed by atoms with van der Waals surface area (Å²) in [4.78, 5) is 0. The van der Waals surface area contributed by atoms with Gasteiger partial charge in [-0.15, -0.1) is 0 Å². The molecule has 2 aliphatic rings. The molecule has 1 aromatic carbocycles. The topological polar surface area (TPSA) is 0 Å². The van der Waals surface area contributed by atoms with Gasteiger partial charge in [0.15, 0.2) is 11.6 Å². The minimum atomic E-state index is -0.633. The fourth-order valence-corrected chi connectivity index (χ4v) is 5.11. The quantitative estimate of drug-likeness (QED) is 0.475. The number of rotatable bonds is 5. The molecule has 0 N–H and O–H groups in total. The van der Waals surface area contributed by atoms with Crippen LogP contribution in [0.2, 0.25) is 0 Å². The van der Waals surface area contributed by atoms with Crippen LogP contribution < -0.4 is 0 Å². The molecule has 144 valence electrons. The van der Waals surface area contributed by atoms with Crippen LogP contribution in [0.4, 0.5) is 8.78 Å². The van der Waals surface area contributed by atoms with Crippen molar-refractivity contribution in [1.82, 2.24) is 0 Å². The molecule has 0 aromatic heterocycles. The first-order chi connectivity index (χ1) is 12.6. The van der Waals surface area contributed by atoms with Gasteiger partial charge in [-0.25, -0.2) is 8.78 Å². The molecule has 3 rings (SSSR count). The predicted molar refractivity (Wildman–Crippen MR) is 105 cm³/mol. The van der Waals surface area contributed by atoms with E-state index in [1.165, 1.54) is 38.5 Å². The van der Waals surface area contributed by atoms with E-state index in [9.17, 15) is 8.78 Å². The van der Waals surface area contributed by atoms with E-state index in [-0.39, 0.29) is 5.92 Å². The summed E-state index contributed by atoms with van der Waals surface area (Å²) in [6, 6.07) is 3.64. The molecule has 2 heteroatoms. The SMILES string of the molecule is CC/C=C\Cc1ccc(C2CCC(C3CCC(C)CC3)CC2)c(F)c1F. The van der Waals surface area contributed by atoms with Crippen LogP contribution in [-0.4, -0.2) is 0 Å². The molecule has 0 heterocycles. The summed E-state index contributed by atoms with van der Waals surface area (Å²) >= 11 is 0. The van der Waals surface area contributed by atoms with Crippen molar-refractivity contribution in [2.45, 2.75) is 84.0 Å². The molecule has 26 heavy (non-hydrogen) atoms. The lowest BCUT2D eigenvalue weighted by molar-refractivity contribution is 0.164. The van der Waals surface area contributed by atoms with Crippen LogP contribution in [0, 0.1) is 29.4 Å². The van der Waals surface area contributed by atoms with Gasteiger partial charge in [0.1, 0.15) is 0 Å². The van der Waals surface area contributed by atoms with Gasteiger partial charge < -0.3 is 0 Å². The first-order valence-electron chi connectivity index (χ1n) is 10.7. The van der Waals surface area contributed by atoms with E-state index in [0.717, 1.165) is 37.0 Å². The van der Waals surface area contributed by atoms with Crippen molar-refractivity contribution in [3.05, 3.63) is 47.0 Å². The van der Waals surface area contributed by atoms with Crippen LogP contribution in [0.5, 0.6) is 0 Å². The number of benzene rings is 1. The number of hydrogen-bond acceptors (Lipinski definition) is 0. The van der Waals surface area contributed by atoms with E-state index in [1.54, 1.807) is 6.07 Å². The lowest BCUT2D eigenvalue weighted by Crippen LogP contribution is -2.25. The zero-order valence-corrected chi connectivity index (χ0v) is 16.4. The van der Waals surface area contributed by atoms with Gasteiger partial charge in [0.2, 0.25) is 0 Å². The van der Waals surface area contributed by atoms with E-state index < -0.39 is 11.6 Å². The summed E-state index contributed by atoms with van der Waals surface area (Å²) in [5.41, 5.74) is 1.09. The van der Waals surface area contributed by atoms with Gasteiger partial charge in [-0.05, 0) is 86.2 Å². The number of allylic oxidation sites excluding steroid dienone is 2. The van der Waals surface area contributed by atoms with Gasteiger partial charge in [-0.1, -0.05) is 51.0 Å². The predicted octanol–water partition coefficient (Wildman–Crippen LogP) is 7.57. The second-order valence-electron chi connectivity index (χ2n) is 8.66. The highest BCUT2D eigenvalue weighted by atomic mass is 19.2. The Labute approximate surface area is 158 Å². The summed E-state index contributed by atoms with van der Waals surface area (Å²) < 4.78 is 29.1. The Kier molecular flexibility index (Phi) is 6.89. The lowest BCUT2D eigenvalue weighted by Gasteiger charge is -2.37. The van der Waals surface area contributed by atoms with Gasteiger partial charge in [0.25, 0.3) is 0 Å². The third-order valence-corrected chi connectivity index (χ3v) is 6.87. The minimum absolute atomic E-state index is 0.198. The van der Waals surface area contributed by atoms with Crippen molar-refractivity contribution in [1.29, 1.82) is 0 Å². The average Bonchev–Trinajstić information content (AvgIpc) is 2.66.